The minimum atomic E-state index is -3.37. The van der Waals surface area contributed by atoms with Gasteiger partial charge in [-0.1, -0.05) is 284 Å². The van der Waals surface area contributed by atoms with Gasteiger partial charge in [-0.25, -0.2) is 8.42 Å². The SMILES string of the molecule is C.C.CB(O)O.CC.CC.CC.CC.CC.CC.CC.CC(=O)c1ccccc1.CC(O)c1ccccc1.CC(OS(C)(=O)=O)c1ccccc1.CC(On1ccc2ncc(Br)cc21)c1ccccc1.CCN(CC)CC.CS(=O)(=O)Cl.Cc1cnc2ccn(OC(C)c3ccccc3)c2c1.O=CO[O-].On1ccc2ncc(Br)cc21.[B].[H-].[H-].[K+].[K+].[Na+]. The molecule has 0 aliphatic heterocycles. The molecule has 6 aromatic heterocycles. The second-order valence-electron chi connectivity index (χ2n) is 21.3. The number of pyridine rings is 3. The summed E-state index contributed by atoms with van der Waals surface area (Å²) in [7, 11) is -3.23. The van der Waals surface area contributed by atoms with Gasteiger partial charge in [0.25, 0.3) is 16.6 Å². The number of carbonyl (C=O) groups excluding carboxylic acids is 2. The molecule has 11 aromatic rings. The molecule has 22 nitrogen and oxygen atoms in total. The van der Waals surface area contributed by atoms with E-state index in [0.29, 0.717) is 5.52 Å². The minimum Gasteiger partial charge on any atom is -1.00 e. The van der Waals surface area contributed by atoms with Crippen LogP contribution in [0.1, 0.15) is 233 Å². The van der Waals surface area contributed by atoms with Crippen molar-refractivity contribution in [1.29, 1.82) is 0 Å². The Balaban J connectivity index is -0.0000000891. The Morgan fingerprint density at radius 3 is 1.07 bits per heavy atom. The third-order valence-electron chi connectivity index (χ3n) is 13.1. The molecule has 0 aliphatic rings. The second kappa shape index (κ2) is 91.2. The molecule has 0 bridgehead atoms. The van der Waals surface area contributed by atoms with Crippen molar-refractivity contribution in [2.45, 2.75) is 205 Å². The average Bonchev–Trinajstić information content (AvgIpc) is 1.67. The van der Waals surface area contributed by atoms with Crippen molar-refractivity contribution in [3.8, 4) is 0 Å². The molecule has 5 aromatic carbocycles. The summed E-state index contributed by atoms with van der Waals surface area (Å²) in [4.78, 5) is 49.0. The van der Waals surface area contributed by atoms with Crippen LogP contribution < -0.4 is 147 Å². The summed E-state index contributed by atoms with van der Waals surface area (Å²) in [6.07, 6.45) is 11.9. The number of ketones is 1. The molecule has 0 spiro atoms. The number of aryl methyl sites for hydroxylation is 1. The number of hydrogen-bond acceptors (Lipinski definition) is 19. The van der Waals surface area contributed by atoms with E-state index in [1.165, 1.54) is 26.5 Å². The summed E-state index contributed by atoms with van der Waals surface area (Å²) in [6.45, 7) is 50.4. The fraction of sp³-hybridized carbons (Fsp3) is 0.398. The Bertz CT molecular complexity index is 4190. The van der Waals surface area contributed by atoms with E-state index >= 15 is 0 Å². The van der Waals surface area contributed by atoms with Crippen molar-refractivity contribution >= 4 is 123 Å². The Kier molecular flexibility index (Phi) is 108. The van der Waals surface area contributed by atoms with Crippen LogP contribution in [0.15, 0.2) is 234 Å². The van der Waals surface area contributed by atoms with Gasteiger partial charge in [0.05, 0.1) is 41.3 Å². The van der Waals surface area contributed by atoms with Crippen LogP contribution in [0.5, 0.6) is 0 Å². The molecule has 0 saturated carbocycles. The molecule has 3 radical (unpaired) electrons. The smallest absolute Gasteiger partial charge is 1.00 e. The topological polar surface area (TPSA) is 300 Å². The van der Waals surface area contributed by atoms with E-state index in [1.807, 2.05) is 288 Å². The van der Waals surface area contributed by atoms with E-state index in [1.54, 1.807) is 54.9 Å². The van der Waals surface area contributed by atoms with Gasteiger partial charge >= 0.3 is 139 Å². The maximum absolute atomic E-state index is 10.8. The van der Waals surface area contributed by atoms with Gasteiger partial charge in [-0.05, 0) is 164 Å². The molecular formula is C88H140B2Br2ClK2N7NaO15S2. The van der Waals surface area contributed by atoms with Crippen LogP contribution in [0.2, 0.25) is 6.82 Å². The Morgan fingerprint density at radius 2 is 0.808 bits per heavy atom. The zero-order valence-electron chi connectivity index (χ0n) is 77.4. The Hall–Kier alpha value is -3.98. The number of hydrogen-bond donors (Lipinski definition) is 4. The standard InChI is InChI=1S/C16H16N2O.C15H13BrN2O.C9H12O3S.C8H10O.C8H8O.C7H5BrN2O.C6H15N.7C2H6.CH5BO2.CH3ClO2S.CH2O3.2CH4.B.2K.Na.2H/c1-12-10-16-15(17-11-12)8-9-18(16)19-13(2)14-6-4-3-5-7-14;1-11(12-5-3-2-4-6-12)19-18-8-7-14-15(18)9-13(16)10-17-14;1-8(12-13(2,10)11)9-6-4-3-5-7-9;2*1-7(9)8-5-3-2-4-6-8;8-5-3-7-6(9-4-5)1-2-10(7)11;1-4-7(5-2)6-3;7*1-2;1-2(3)4;1-5(2,3)4;2-1-4-3;;;;;;;;/h3-11,13H,1-2H3;2-11H,1H3;3-8H,1-2H3;2-7,9H,1H3;2-6H,1H3;1-4,11H;4-6H2,1-3H3;7*1-2H3;3-4H,1H3;1H3;1,3H;2*1H4;;;;;;/q;;;;;;;;;;;;;;;;;;;;3*+1;2*-1/p-1. The number of halogens is 3. The van der Waals surface area contributed by atoms with Crippen LogP contribution in [-0.2, 0) is 33.0 Å². The first-order chi connectivity index (χ1) is 54.3. The van der Waals surface area contributed by atoms with E-state index in [9.17, 15) is 26.8 Å². The molecule has 4 unspecified atom stereocenters. The number of fused-ring (bicyclic) bond motifs is 3. The molecule has 32 heteroatoms. The third-order valence-corrected chi connectivity index (χ3v) is 14.6. The van der Waals surface area contributed by atoms with E-state index in [2.05, 4.69) is 118 Å². The Morgan fingerprint density at radius 1 is 0.542 bits per heavy atom. The van der Waals surface area contributed by atoms with Crippen LogP contribution in [-0.4, -0.2) is 131 Å². The number of rotatable bonds is 15. The van der Waals surface area contributed by atoms with Crippen LogP contribution in [0, 0.1) is 6.92 Å². The predicted octanol–water partition coefficient (Wildman–Crippen LogP) is 13.3. The molecular weight excluding hydrogens is 1780 g/mol. The number of nitrogens with zero attached hydrogens (tertiary/aromatic N) is 7. The summed E-state index contributed by atoms with van der Waals surface area (Å²) in [5.41, 5.74) is 11.4. The molecule has 0 aliphatic carbocycles. The van der Waals surface area contributed by atoms with Crippen LogP contribution in [0.25, 0.3) is 33.1 Å². The summed E-state index contributed by atoms with van der Waals surface area (Å²) in [5.74, 6) is 0.121. The quantitative estimate of drug-likeness (QED) is 0.0108. The maximum Gasteiger partial charge on any atom is 1.00 e. The fourth-order valence-corrected chi connectivity index (χ4v) is 9.51. The van der Waals surface area contributed by atoms with Gasteiger partial charge in [-0.2, -0.15) is 22.6 Å². The summed E-state index contributed by atoms with van der Waals surface area (Å²) in [6, 6.07) is 59.9. The number of carbonyl (C=O) groups is 2. The average molecular weight is 1920 g/mol. The largest absolute Gasteiger partial charge is 1.00 e. The van der Waals surface area contributed by atoms with Crippen LogP contribution in [0.4, 0.5) is 0 Å². The summed E-state index contributed by atoms with van der Waals surface area (Å²) < 4.78 is 51.6. The first-order valence-electron chi connectivity index (χ1n) is 38.1. The molecule has 4 N–H and O–H groups in total. The van der Waals surface area contributed by atoms with Crippen LogP contribution >= 0.6 is 42.5 Å². The van der Waals surface area contributed by atoms with Crippen molar-refractivity contribution in [1.82, 2.24) is 34.0 Å². The monoisotopic (exact) mass is 1910 g/mol. The van der Waals surface area contributed by atoms with Crippen molar-refractivity contribution in [3.63, 3.8) is 0 Å². The molecule has 0 amide bonds. The fourth-order valence-electron chi connectivity index (χ4n) is 8.23. The Labute approximate surface area is 856 Å². The number of Topliss-reactive ketones (excluding diaryl/α,β-unsaturated/α-hetero) is 1. The molecule has 0 saturated heterocycles. The number of benzene rings is 5. The van der Waals surface area contributed by atoms with E-state index in [0.717, 1.165) is 87.2 Å². The molecule has 6 heterocycles. The zero-order chi connectivity index (χ0) is 88.8. The predicted molar refractivity (Wildman–Crippen MR) is 502 cm³/mol. The third kappa shape index (κ3) is 72.2. The molecule has 120 heavy (non-hydrogen) atoms. The van der Waals surface area contributed by atoms with Crippen LogP contribution in [0.3, 0.4) is 0 Å². The van der Waals surface area contributed by atoms with Gasteiger partial charge in [0.1, 0.15) is 28.8 Å². The maximum atomic E-state index is 10.8. The first kappa shape index (κ1) is 142. The summed E-state index contributed by atoms with van der Waals surface area (Å²) in [5, 5.41) is 41.9. The minimum absolute atomic E-state index is 0. The molecule has 659 valence electrons. The number of aliphatic hydroxyl groups is 1. The van der Waals surface area contributed by atoms with Gasteiger partial charge in [-0.15, -0.1) is 0 Å². The van der Waals surface area contributed by atoms with Gasteiger partial charge < -0.3 is 47.9 Å². The normalized spacial score (nSPS) is 9.95. The van der Waals surface area contributed by atoms with Crippen molar-refractivity contribution in [2.75, 3.05) is 32.1 Å². The molecule has 0 fully saturated rings. The zero-order valence-corrected chi connectivity index (χ0v) is 89.2. The number of aliphatic hydroxyl groups excluding tert-OH is 1. The number of aromatic nitrogens is 6. The summed E-state index contributed by atoms with van der Waals surface area (Å²) >= 11 is 6.70. The molecule has 4 atom stereocenters. The van der Waals surface area contributed by atoms with Crippen molar-refractivity contribution in [3.05, 3.63) is 268 Å². The van der Waals surface area contributed by atoms with E-state index in [-0.39, 0.29) is 189 Å². The molecule has 11 rings (SSSR count). The second-order valence-corrected chi connectivity index (χ2v) is 27.8. The van der Waals surface area contributed by atoms with Gasteiger partial charge in [0, 0.05) is 70.8 Å². The van der Waals surface area contributed by atoms with Gasteiger partial charge in [0.2, 0.25) is 9.05 Å². The first-order valence-corrected chi connectivity index (χ1v) is 44.2. The van der Waals surface area contributed by atoms with Gasteiger partial charge in [-0.3, -0.25) is 28.7 Å². The van der Waals surface area contributed by atoms with Crippen molar-refractivity contribution < 1.29 is 206 Å². The van der Waals surface area contributed by atoms with Crippen molar-refractivity contribution in [2.24, 2.45) is 0 Å². The van der Waals surface area contributed by atoms with E-state index in [4.69, 9.17) is 39.1 Å². The van der Waals surface area contributed by atoms with E-state index < -0.39 is 32.4 Å². The van der Waals surface area contributed by atoms with Gasteiger partial charge in [0.15, 0.2) is 5.78 Å².